The lowest BCUT2D eigenvalue weighted by Gasteiger charge is -2.19. The standard InChI is InChI=1S/C18H19N3O3/c1-12-8-17(22)15-6-4-5-7-16(15)21(12)11-18(23)20(3)10-14-9-13(2)24-19-14/h4-9H,10-11H2,1-3H3. The maximum absolute atomic E-state index is 12.6. The first-order valence-electron chi connectivity index (χ1n) is 7.71. The molecule has 0 spiro atoms. The number of nitrogens with zero attached hydrogens (tertiary/aromatic N) is 3. The van der Waals surface area contributed by atoms with E-state index in [1.54, 1.807) is 24.1 Å². The highest BCUT2D eigenvalue weighted by Gasteiger charge is 2.15. The summed E-state index contributed by atoms with van der Waals surface area (Å²) in [7, 11) is 1.73. The lowest BCUT2D eigenvalue weighted by atomic mass is 10.2. The van der Waals surface area contributed by atoms with Gasteiger partial charge in [-0.3, -0.25) is 9.59 Å². The molecule has 0 saturated heterocycles. The topological polar surface area (TPSA) is 68.3 Å². The molecule has 1 amide bonds. The molecule has 0 unspecified atom stereocenters. The van der Waals surface area contributed by atoms with Crippen molar-refractivity contribution in [1.82, 2.24) is 14.6 Å². The van der Waals surface area contributed by atoms with Crippen LogP contribution in [0.5, 0.6) is 0 Å². The average molecular weight is 325 g/mol. The second-order valence-corrected chi connectivity index (χ2v) is 5.93. The molecule has 3 rings (SSSR count). The highest BCUT2D eigenvalue weighted by Crippen LogP contribution is 2.13. The second-order valence-electron chi connectivity index (χ2n) is 5.93. The number of amides is 1. The van der Waals surface area contributed by atoms with Gasteiger partial charge in [0.05, 0.1) is 12.1 Å². The fourth-order valence-electron chi connectivity index (χ4n) is 2.74. The van der Waals surface area contributed by atoms with Crippen LogP contribution in [-0.2, 0) is 17.9 Å². The van der Waals surface area contributed by atoms with Gasteiger partial charge in [0.25, 0.3) is 0 Å². The molecular weight excluding hydrogens is 306 g/mol. The van der Waals surface area contributed by atoms with Crippen LogP contribution in [0.25, 0.3) is 10.9 Å². The molecule has 124 valence electrons. The second kappa shape index (κ2) is 6.31. The largest absolute Gasteiger partial charge is 0.361 e. The van der Waals surface area contributed by atoms with E-state index >= 15 is 0 Å². The number of pyridine rings is 1. The van der Waals surface area contributed by atoms with E-state index in [9.17, 15) is 9.59 Å². The third-order valence-corrected chi connectivity index (χ3v) is 4.02. The van der Waals surface area contributed by atoms with Crippen LogP contribution in [0.1, 0.15) is 17.1 Å². The maximum Gasteiger partial charge on any atom is 0.242 e. The zero-order valence-corrected chi connectivity index (χ0v) is 13.9. The van der Waals surface area contributed by atoms with Gasteiger partial charge >= 0.3 is 0 Å². The number of benzene rings is 1. The summed E-state index contributed by atoms with van der Waals surface area (Å²) in [5, 5.41) is 4.52. The summed E-state index contributed by atoms with van der Waals surface area (Å²) in [6.07, 6.45) is 0. The number of para-hydroxylation sites is 1. The molecule has 2 heterocycles. The van der Waals surface area contributed by atoms with Gasteiger partial charge in [-0.15, -0.1) is 0 Å². The minimum Gasteiger partial charge on any atom is -0.361 e. The summed E-state index contributed by atoms with van der Waals surface area (Å²) >= 11 is 0. The number of aryl methyl sites for hydroxylation is 2. The third kappa shape index (κ3) is 3.08. The minimum atomic E-state index is -0.0624. The first kappa shape index (κ1) is 16.0. The Labute approximate surface area is 139 Å². The molecule has 0 aliphatic heterocycles. The molecule has 2 aromatic heterocycles. The predicted octanol–water partition coefficient (Wildman–Crippen LogP) is 2.26. The number of rotatable bonds is 4. The summed E-state index contributed by atoms with van der Waals surface area (Å²) in [4.78, 5) is 26.3. The van der Waals surface area contributed by atoms with Crippen LogP contribution in [-0.4, -0.2) is 27.6 Å². The molecule has 1 aromatic carbocycles. The van der Waals surface area contributed by atoms with Crippen LogP contribution < -0.4 is 5.43 Å². The highest BCUT2D eigenvalue weighted by molar-refractivity contribution is 5.82. The summed E-state index contributed by atoms with van der Waals surface area (Å²) < 4.78 is 6.89. The maximum atomic E-state index is 12.6. The summed E-state index contributed by atoms with van der Waals surface area (Å²) in [6, 6.07) is 10.7. The Morgan fingerprint density at radius 2 is 2.00 bits per heavy atom. The van der Waals surface area contributed by atoms with Crippen LogP contribution in [0.4, 0.5) is 0 Å². The number of likely N-dealkylation sites (N-methyl/N-ethyl adjacent to an activating group) is 1. The van der Waals surface area contributed by atoms with Crippen LogP contribution in [0.15, 0.2) is 45.7 Å². The smallest absolute Gasteiger partial charge is 0.242 e. The number of fused-ring (bicyclic) bond motifs is 1. The molecule has 6 heteroatoms. The van der Waals surface area contributed by atoms with Gasteiger partial charge < -0.3 is 14.0 Å². The SMILES string of the molecule is Cc1cc(CN(C)C(=O)Cn2c(C)cc(=O)c3ccccc32)no1. The van der Waals surface area contributed by atoms with Gasteiger partial charge in [0.1, 0.15) is 18.0 Å². The van der Waals surface area contributed by atoms with Crippen molar-refractivity contribution < 1.29 is 9.32 Å². The normalized spacial score (nSPS) is 11.0. The van der Waals surface area contributed by atoms with E-state index < -0.39 is 0 Å². The van der Waals surface area contributed by atoms with Crippen molar-refractivity contribution in [2.45, 2.75) is 26.9 Å². The molecule has 0 fully saturated rings. The Morgan fingerprint density at radius 1 is 1.25 bits per heavy atom. The molecular formula is C18H19N3O3. The molecule has 0 atom stereocenters. The number of hydrogen-bond donors (Lipinski definition) is 0. The van der Waals surface area contributed by atoms with Crippen molar-refractivity contribution in [3.63, 3.8) is 0 Å². The predicted molar refractivity (Wildman–Crippen MR) is 90.7 cm³/mol. The molecule has 0 aliphatic carbocycles. The minimum absolute atomic E-state index is 0.0294. The number of hydrogen-bond acceptors (Lipinski definition) is 4. The Kier molecular flexibility index (Phi) is 4.20. The van der Waals surface area contributed by atoms with Gasteiger partial charge in [-0.2, -0.15) is 0 Å². The quantitative estimate of drug-likeness (QED) is 0.738. The Morgan fingerprint density at radius 3 is 2.71 bits per heavy atom. The fraction of sp³-hybridized carbons (Fsp3) is 0.278. The third-order valence-electron chi connectivity index (χ3n) is 4.02. The summed E-state index contributed by atoms with van der Waals surface area (Å²) in [5.74, 6) is 0.653. The monoisotopic (exact) mass is 325 g/mol. The van der Waals surface area contributed by atoms with Gasteiger partial charge in [0.15, 0.2) is 5.43 Å². The van der Waals surface area contributed by atoms with Crippen molar-refractivity contribution in [2.24, 2.45) is 0 Å². The van der Waals surface area contributed by atoms with Crippen molar-refractivity contribution in [2.75, 3.05) is 7.05 Å². The zero-order valence-electron chi connectivity index (χ0n) is 13.9. The van der Waals surface area contributed by atoms with E-state index in [1.807, 2.05) is 42.7 Å². The van der Waals surface area contributed by atoms with Crippen LogP contribution in [0, 0.1) is 13.8 Å². The lowest BCUT2D eigenvalue weighted by molar-refractivity contribution is -0.131. The van der Waals surface area contributed by atoms with E-state index in [0.29, 0.717) is 23.4 Å². The van der Waals surface area contributed by atoms with Gasteiger partial charge in [-0.05, 0) is 26.0 Å². The van der Waals surface area contributed by atoms with Gasteiger partial charge in [-0.25, -0.2) is 0 Å². The lowest BCUT2D eigenvalue weighted by Crippen LogP contribution is -2.31. The molecule has 0 N–H and O–H groups in total. The number of carbonyl (C=O) groups excluding carboxylic acids is 1. The molecule has 0 radical (unpaired) electrons. The van der Waals surface area contributed by atoms with Crippen molar-refractivity contribution in [1.29, 1.82) is 0 Å². The summed E-state index contributed by atoms with van der Waals surface area (Å²) in [6.45, 7) is 4.20. The van der Waals surface area contributed by atoms with E-state index in [-0.39, 0.29) is 17.9 Å². The molecule has 0 saturated carbocycles. The first-order valence-corrected chi connectivity index (χ1v) is 7.71. The van der Waals surface area contributed by atoms with Crippen LogP contribution in [0.2, 0.25) is 0 Å². The van der Waals surface area contributed by atoms with E-state index in [4.69, 9.17) is 4.52 Å². The first-order chi connectivity index (χ1) is 11.5. The van der Waals surface area contributed by atoms with E-state index in [0.717, 1.165) is 11.2 Å². The molecule has 0 bridgehead atoms. The Hall–Kier alpha value is -2.89. The highest BCUT2D eigenvalue weighted by atomic mass is 16.5. The summed E-state index contributed by atoms with van der Waals surface area (Å²) in [5.41, 5.74) is 2.21. The van der Waals surface area contributed by atoms with Crippen molar-refractivity contribution in [3.8, 4) is 0 Å². The molecule has 0 aliphatic rings. The average Bonchev–Trinajstić information content (AvgIpc) is 2.96. The molecule has 24 heavy (non-hydrogen) atoms. The van der Waals surface area contributed by atoms with Gasteiger partial charge in [0, 0.05) is 30.3 Å². The molecule has 6 nitrogen and oxygen atoms in total. The molecule has 3 aromatic rings. The zero-order chi connectivity index (χ0) is 17.3. The van der Waals surface area contributed by atoms with Crippen LogP contribution in [0.3, 0.4) is 0 Å². The van der Waals surface area contributed by atoms with Gasteiger partial charge in [0.2, 0.25) is 5.91 Å². The van der Waals surface area contributed by atoms with Crippen molar-refractivity contribution >= 4 is 16.8 Å². The Balaban J connectivity index is 1.86. The van der Waals surface area contributed by atoms with E-state index in [1.165, 1.54) is 0 Å². The van der Waals surface area contributed by atoms with E-state index in [2.05, 4.69) is 5.16 Å². The van der Waals surface area contributed by atoms with Crippen molar-refractivity contribution in [3.05, 3.63) is 63.8 Å². The van der Waals surface area contributed by atoms with Crippen LogP contribution >= 0.6 is 0 Å². The Bertz CT molecular complexity index is 956. The number of carbonyl (C=O) groups is 1. The van der Waals surface area contributed by atoms with Gasteiger partial charge in [-0.1, -0.05) is 17.3 Å². The fourth-order valence-corrected chi connectivity index (χ4v) is 2.74. The number of aromatic nitrogens is 2.